The Morgan fingerprint density at radius 3 is 2.05 bits per heavy atom. The van der Waals surface area contributed by atoms with Gasteiger partial charge in [-0.05, 0) is 41.0 Å². The van der Waals surface area contributed by atoms with Crippen molar-refractivity contribution in [3.63, 3.8) is 0 Å². The lowest BCUT2D eigenvalue weighted by molar-refractivity contribution is -0.253. The molecule has 214 valence electrons. The third-order valence-corrected chi connectivity index (χ3v) is 5.83. The summed E-state index contributed by atoms with van der Waals surface area (Å²) in [7, 11) is 0. The molecule has 0 unspecified atom stereocenters. The third-order valence-electron chi connectivity index (χ3n) is 5.83. The molecule has 2 amide bonds. The van der Waals surface area contributed by atoms with Crippen molar-refractivity contribution < 1.29 is 49.4 Å². The van der Waals surface area contributed by atoms with E-state index in [-0.39, 0.29) is 17.5 Å². The number of hydrogen-bond acceptors (Lipinski definition) is 3. The first-order valence-corrected chi connectivity index (χ1v) is 11.6. The Morgan fingerprint density at radius 1 is 0.850 bits per heavy atom. The number of carbonyl (C=O) groups is 2. The maximum atomic E-state index is 14.7. The number of urea groups is 1. The van der Waals surface area contributed by atoms with E-state index in [4.69, 9.17) is 0 Å². The largest absolute Gasteiger partial charge is 0.461 e. The maximum absolute atomic E-state index is 14.7. The topological polar surface area (TPSA) is 67.4 Å². The summed E-state index contributed by atoms with van der Waals surface area (Å²) in [4.78, 5) is 24.1. The lowest BCUT2D eigenvalue weighted by Gasteiger charge is -2.37. The summed E-state index contributed by atoms with van der Waals surface area (Å²) in [6, 6.07) is 12.9. The zero-order valence-electron chi connectivity index (χ0n) is 20.7. The molecule has 0 aromatic heterocycles. The number of Topliss-reactive ketones (excluding diaryl/α,β-unsaturated/α-hetero) is 1. The van der Waals surface area contributed by atoms with Crippen LogP contribution in [0.4, 0.5) is 39.9 Å². The lowest BCUT2D eigenvalue weighted by atomic mass is 9.77. The number of nitrogens with one attached hydrogen (secondary N) is 2. The minimum Gasteiger partial charge on any atom is -0.428 e. The van der Waals surface area contributed by atoms with Crippen LogP contribution in [0.1, 0.15) is 23.6 Å². The Kier molecular flexibility index (Phi) is 9.06. The monoisotopic (exact) mass is 574 g/mol. The van der Waals surface area contributed by atoms with Crippen LogP contribution in [-0.4, -0.2) is 36.8 Å². The van der Waals surface area contributed by atoms with Gasteiger partial charge < -0.3 is 15.4 Å². The van der Waals surface area contributed by atoms with Crippen LogP contribution in [0, 0.1) is 11.6 Å². The van der Waals surface area contributed by atoms with Crippen LogP contribution < -0.4 is 15.4 Å². The fourth-order valence-electron chi connectivity index (χ4n) is 3.82. The predicted molar refractivity (Wildman–Crippen MR) is 127 cm³/mol. The Bertz CT molecular complexity index is 1340. The lowest BCUT2D eigenvalue weighted by Crippen LogP contribution is -2.54. The van der Waals surface area contributed by atoms with Crippen LogP contribution in [0.5, 0.6) is 5.75 Å². The van der Waals surface area contributed by atoms with Crippen molar-refractivity contribution in [2.24, 2.45) is 0 Å². The smallest absolute Gasteiger partial charge is 0.428 e. The summed E-state index contributed by atoms with van der Waals surface area (Å²) >= 11 is 0. The van der Waals surface area contributed by atoms with E-state index < -0.39 is 59.7 Å². The zero-order chi connectivity index (χ0) is 29.7. The standard InChI is InChI=1S/C27H22F8N2O3/c1-16(38)26(32,33)15-36-24(39)37-25(14-17-5-3-2-4-6-17,18-7-9-20(28)10-8-18)19-11-21(29)13-22(12-19)40-27(34,35)23(30)31/h2-13,23H,14-15H2,1H3,(H2,36,37,39)/t25-/m1/s1. The van der Waals surface area contributed by atoms with E-state index in [2.05, 4.69) is 10.1 Å². The van der Waals surface area contributed by atoms with Crippen LogP contribution in [-0.2, 0) is 16.8 Å². The first-order valence-electron chi connectivity index (χ1n) is 11.6. The fraction of sp³-hybridized carbons (Fsp3) is 0.259. The van der Waals surface area contributed by atoms with Gasteiger partial charge in [0.05, 0.1) is 12.1 Å². The van der Waals surface area contributed by atoms with Gasteiger partial charge in [-0.2, -0.15) is 26.3 Å². The number of rotatable bonds is 11. The van der Waals surface area contributed by atoms with E-state index in [1.165, 1.54) is 12.1 Å². The molecule has 0 saturated heterocycles. The molecule has 2 N–H and O–H groups in total. The Morgan fingerprint density at radius 2 is 1.48 bits per heavy atom. The summed E-state index contributed by atoms with van der Waals surface area (Å²) in [5.74, 6) is -8.46. The van der Waals surface area contributed by atoms with Gasteiger partial charge in [0, 0.05) is 19.4 Å². The van der Waals surface area contributed by atoms with Crippen LogP contribution in [0.2, 0.25) is 0 Å². The summed E-state index contributed by atoms with van der Waals surface area (Å²) in [6.07, 6.45) is -9.56. The summed E-state index contributed by atoms with van der Waals surface area (Å²) in [6.45, 7) is -0.807. The highest BCUT2D eigenvalue weighted by Gasteiger charge is 2.45. The molecule has 0 aliphatic carbocycles. The third kappa shape index (κ3) is 7.27. The normalized spacial score (nSPS) is 13.4. The second-order valence-corrected chi connectivity index (χ2v) is 8.78. The van der Waals surface area contributed by atoms with Crippen LogP contribution in [0.25, 0.3) is 0 Å². The molecule has 3 aromatic rings. The van der Waals surface area contributed by atoms with E-state index in [9.17, 15) is 44.7 Å². The fourth-order valence-corrected chi connectivity index (χ4v) is 3.82. The molecular weight excluding hydrogens is 552 g/mol. The number of halogens is 8. The quantitative estimate of drug-likeness (QED) is 0.268. The average molecular weight is 574 g/mol. The number of alkyl halides is 6. The average Bonchev–Trinajstić information content (AvgIpc) is 2.87. The first kappa shape index (κ1) is 30.4. The second kappa shape index (κ2) is 11.9. The van der Waals surface area contributed by atoms with E-state index in [0.29, 0.717) is 18.6 Å². The summed E-state index contributed by atoms with van der Waals surface area (Å²) in [5.41, 5.74) is -1.85. The Hall–Kier alpha value is -4.16. The molecule has 0 fully saturated rings. The van der Waals surface area contributed by atoms with E-state index in [1.807, 2.05) is 5.32 Å². The highest BCUT2D eigenvalue weighted by Crippen LogP contribution is 2.38. The van der Waals surface area contributed by atoms with Crippen LogP contribution in [0.3, 0.4) is 0 Å². The molecule has 0 aliphatic heterocycles. The van der Waals surface area contributed by atoms with Crippen molar-refractivity contribution in [2.75, 3.05) is 6.54 Å². The molecule has 1 atom stereocenters. The zero-order valence-corrected chi connectivity index (χ0v) is 20.7. The molecular formula is C27H22F8N2O3. The van der Waals surface area contributed by atoms with Crippen molar-refractivity contribution in [3.8, 4) is 5.75 Å². The maximum Gasteiger partial charge on any atom is 0.461 e. The molecule has 5 nitrogen and oxygen atoms in total. The minimum atomic E-state index is -5.01. The van der Waals surface area contributed by atoms with Gasteiger partial charge in [-0.25, -0.2) is 13.6 Å². The molecule has 40 heavy (non-hydrogen) atoms. The molecule has 0 aliphatic rings. The van der Waals surface area contributed by atoms with E-state index in [0.717, 1.165) is 24.3 Å². The molecule has 0 spiro atoms. The number of carbonyl (C=O) groups excluding carboxylic acids is 2. The van der Waals surface area contributed by atoms with Crippen LogP contribution in [0.15, 0.2) is 72.8 Å². The van der Waals surface area contributed by atoms with Gasteiger partial charge >= 0.3 is 24.5 Å². The van der Waals surface area contributed by atoms with Gasteiger partial charge in [0.1, 0.15) is 17.4 Å². The number of ketones is 1. The van der Waals surface area contributed by atoms with Gasteiger partial charge in [0.2, 0.25) is 5.78 Å². The van der Waals surface area contributed by atoms with Crippen molar-refractivity contribution >= 4 is 11.8 Å². The number of ether oxygens (including phenoxy) is 1. The van der Waals surface area contributed by atoms with Crippen molar-refractivity contribution in [3.05, 3.63) is 101 Å². The van der Waals surface area contributed by atoms with Gasteiger partial charge in [0.25, 0.3) is 0 Å². The summed E-state index contributed by atoms with van der Waals surface area (Å²) < 4.78 is 113. The predicted octanol–water partition coefficient (Wildman–Crippen LogP) is 6.21. The van der Waals surface area contributed by atoms with E-state index in [1.54, 1.807) is 30.3 Å². The van der Waals surface area contributed by atoms with Crippen LogP contribution >= 0.6 is 0 Å². The first-order chi connectivity index (χ1) is 18.6. The molecule has 13 heteroatoms. The van der Waals surface area contributed by atoms with Gasteiger partial charge in [-0.1, -0.05) is 42.5 Å². The van der Waals surface area contributed by atoms with E-state index >= 15 is 0 Å². The van der Waals surface area contributed by atoms with Gasteiger partial charge in [-0.3, -0.25) is 4.79 Å². The molecule has 0 saturated carbocycles. The molecule has 0 heterocycles. The molecule has 0 radical (unpaired) electrons. The van der Waals surface area contributed by atoms with Gasteiger partial charge in [-0.15, -0.1) is 0 Å². The summed E-state index contributed by atoms with van der Waals surface area (Å²) in [5, 5.41) is 4.25. The number of benzene rings is 3. The Balaban J connectivity index is 2.20. The Labute approximate surface area is 223 Å². The number of amides is 2. The molecule has 0 bridgehead atoms. The number of hydrogen-bond donors (Lipinski definition) is 2. The van der Waals surface area contributed by atoms with Crippen molar-refractivity contribution in [1.29, 1.82) is 0 Å². The van der Waals surface area contributed by atoms with Gasteiger partial charge in [0.15, 0.2) is 0 Å². The molecule has 3 rings (SSSR count). The highest BCUT2D eigenvalue weighted by atomic mass is 19.3. The molecule has 3 aromatic carbocycles. The van der Waals surface area contributed by atoms with Crippen molar-refractivity contribution in [1.82, 2.24) is 10.6 Å². The highest BCUT2D eigenvalue weighted by molar-refractivity contribution is 5.84. The minimum absolute atomic E-state index is 0.0309. The SMILES string of the molecule is CC(=O)C(F)(F)CNC(=O)N[C@](Cc1ccccc1)(c1ccc(F)cc1)c1cc(F)cc(OC(F)(F)C(F)F)c1. The second-order valence-electron chi connectivity index (χ2n) is 8.78. The van der Waals surface area contributed by atoms with Crippen molar-refractivity contribution in [2.45, 2.75) is 37.3 Å².